The summed E-state index contributed by atoms with van der Waals surface area (Å²) in [6.07, 6.45) is 2.43. The molecule has 0 spiro atoms. The largest absolute Gasteiger partial charge is 0.253 e. The number of rotatable bonds is 0. The van der Waals surface area contributed by atoms with Gasteiger partial charge in [-0.25, -0.2) is 15.2 Å². The van der Waals surface area contributed by atoms with Crippen molar-refractivity contribution in [3.8, 4) is 0 Å². The highest BCUT2D eigenvalue weighted by Gasteiger charge is 2.26. The molecule has 4 nitrogen and oxygen atoms in total. The molecule has 3 heterocycles. The summed E-state index contributed by atoms with van der Waals surface area (Å²) in [5, 5.41) is 0. The predicted octanol–water partition coefficient (Wildman–Crippen LogP) is -0.469. The minimum atomic E-state index is 0.0590. The van der Waals surface area contributed by atoms with Crippen LogP contribution in [0, 0.1) is 0 Å². The third-order valence-corrected chi connectivity index (χ3v) is 1.65. The molecule has 2 atom stereocenters. The second-order valence-electron chi connectivity index (χ2n) is 2.41. The van der Waals surface area contributed by atoms with Crippen LogP contribution in [0.2, 0.25) is 0 Å². The van der Waals surface area contributed by atoms with E-state index in [2.05, 4.69) is 10.9 Å². The Morgan fingerprint density at radius 1 is 1.22 bits per heavy atom. The first kappa shape index (κ1) is 5.61. The molecule has 2 bridgehead atoms. The van der Waals surface area contributed by atoms with Crippen LogP contribution in [0.3, 0.4) is 0 Å². The molecule has 9 heavy (non-hydrogen) atoms. The highest BCUT2D eigenvalue weighted by molar-refractivity contribution is 4.69. The fourth-order valence-electron chi connectivity index (χ4n) is 1.10. The fraction of sp³-hybridized carbons (Fsp3) is 1.00. The Bertz CT molecular complexity index is 83.6. The SMILES string of the molecule is C1CC2NNCC1OO2. The van der Waals surface area contributed by atoms with Crippen molar-refractivity contribution in [3.63, 3.8) is 0 Å². The van der Waals surface area contributed by atoms with Crippen LogP contribution in [0.25, 0.3) is 0 Å². The van der Waals surface area contributed by atoms with Gasteiger partial charge in [-0.15, -0.1) is 0 Å². The number of hydrazine groups is 1. The summed E-state index contributed by atoms with van der Waals surface area (Å²) in [5.41, 5.74) is 5.98. The first-order valence-electron chi connectivity index (χ1n) is 3.26. The molecule has 0 radical (unpaired) electrons. The zero-order valence-corrected chi connectivity index (χ0v) is 5.09. The second kappa shape index (κ2) is 2.22. The summed E-state index contributed by atoms with van der Waals surface area (Å²) in [7, 11) is 0. The van der Waals surface area contributed by atoms with Gasteiger partial charge in [0.05, 0.1) is 0 Å². The molecule has 3 saturated heterocycles. The molecule has 0 aromatic rings. The minimum absolute atomic E-state index is 0.0590. The predicted molar refractivity (Wildman–Crippen MR) is 30.1 cm³/mol. The van der Waals surface area contributed by atoms with E-state index in [1.807, 2.05) is 0 Å². The van der Waals surface area contributed by atoms with Crippen LogP contribution < -0.4 is 10.9 Å². The van der Waals surface area contributed by atoms with Crippen molar-refractivity contribution in [1.82, 2.24) is 10.9 Å². The van der Waals surface area contributed by atoms with Gasteiger partial charge in [-0.3, -0.25) is 5.43 Å². The number of fused-ring (bicyclic) bond motifs is 4. The molecule has 0 amide bonds. The molecule has 0 saturated carbocycles. The van der Waals surface area contributed by atoms with Crippen molar-refractivity contribution in [3.05, 3.63) is 0 Å². The Morgan fingerprint density at radius 2 is 2.22 bits per heavy atom. The van der Waals surface area contributed by atoms with Crippen molar-refractivity contribution in [2.75, 3.05) is 6.54 Å². The maximum absolute atomic E-state index is 4.98. The van der Waals surface area contributed by atoms with Gasteiger partial charge in [-0.05, 0) is 12.8 Å². The Kier molecular flexibility index (Phi) is 1.39. The lowest BCUT2D eigenvalue weighted by Crippen LogP contribution is -2.38. The van der Waals surface area contributed by atoms with E-state index >= 15 is 0 Å². The molecular weight excluding hydrogens is 120 g/mol. The summed E-state index contributed by atoms with van der Waals surface area (Å²) in [6.45, 7) is 0.844. The summed E-state index contributed by atoms with van der Waals surface area (Å²) in [6, 6.07) is 0. The van der Waals surface area contributed by atoms with Crippen LogP contribution >= 0.6 is 0 Å². The molecule has 2 N–H and O–H groups in total. The van der Waals surface area contributed by atoms with Crippen LogP contribution in [0.1, 0.15) is 12.8 Å². The first-order valence-corrected chi connectivity index (χ1v) is 3.26. The van der Waals surface area contributed by atoms with E-state index in [4.69, 9.17) is 9.78 Å². The molecule has 3 rings (SSSR count). The molecule has 4 heteroatoms. The highest BCUT2D eigenvalue weighted by atomic mass is 17.2. The lowest BCUT2D eigenvalue weighted by molar-refractivity contribution is -0.368. The molecule has 3 aliphatic heterocycles. The maximum atomic E-state index is 4.98. The van der Waals surface area contributed by atoms with Gasteiger partial charge in [0, 0.05) is 6.54 Å². The summed E-state index contributed by atoms with van der Waals surface area (Å²) < 4.78 is 0. The molecule has 2 unspecified atom stereocenters. The molecule has 3 fully saturated rings. The summed E-state index contributed by atoms with van der Waals surface area (Å²) in [4.78, 5) is 9.91. The summed E-state index contributed by atoms with van der Waals surface area (Å²) in [5.74, 6) is 0. The van der Waals surface area contributed by atoms with Gasteiger partial charge < -0.3 is 0 Å². The number of hydrogen-bond acceptors (Lipinski definition) is 4. The van der Waals surface area contributed by atoms with E-state index in [1.165, 1.54) is 0 Å². The van der Waals surface area contributed by atoms with Gasteiger partial charge >= 0.3 is 0 Å². The Morgan fingerprint density at radius 3 is 3.00 bits per heavy atom. The van der Waals surface area contributed by atoms with Crippen LogP contribution in [-0.2, 0) is 9.78 Å². The van der Waals surface area contributed by atoms with E-state index in [-0.39, 0.29) is 12.3 Å². The Balaban J connectivity index is 2.03. The molecule has 52 valence electrons. The van der Waals surface area contributed by atoms with E-state index in [0.717, 1.165) is 19.4 Å². The second-order valence-corrected chi connectivity index (χ2v) is 2.41. The Labute approximate surface area is 53.4 Å². The normalized spacial score (nSPS) is 42.7. The lowest BCUT2D eigenvalue weighted by atomic mass is 10.2. The van der Waals surface area contributed by atoms with Crippen LogP contribution in [0.4, 0.5) is 0 Å². The third kappa shape index (κ3) is 1.07. The summed E-state index contributed by atoms with van der Waals surface area (Å²) >= 11 is 0. The highest BCUT2D eigenvalue weighted by Crippen LogP contribution is 2.15. The molecular formula is C5H10N2O2. The first-order chi connectivity index (χ1) is 4.45. The molecule has 0 aliphatic carbocycles. The van der Waals surface area contributed by atoms with Gasteiger partial charge in [-0.1, -0.05) is 0 Å². The van der Waals surface area contributed by atoms with Gasteiger partial charge in [0.2, 0.25) is 0 Å². The van der Waals surface area contributed by atoms with Crippen LogP contribution in [-0.4, -0.2) is 18.9 Å². The van der Waals surface area contributed by atoms with Gasteiger partial charge in [0.1, 0.15) is 6.10 Å². The number of hydrogen-bond donors (Lipinski definition) is 2. The maximum Gasteiger partial charge on any atom is 0.156 e. The fourth-order valence-corrected chi connectivity index (χ4v) is 1.10. The van der Waals surface area contributed by atoms with Crippen molar-refractivity contribution >= 4 is 0 Å². The van der Waals surface area contributed by atoms with Crippen LogP contribution in [0.5, 0.6) is 0 Å². The van der Waals surface area contributed by atoms with Crippen molar-refractivity contribution < 1.29 is 9.78 Å². The quantitative estimate of drug-likeness (QED) is 0.435. The lowest BCUT2D eigenvalue weighted by Gasteiger charge is -2.20. The Hall–Kier alpha value is -0.160. The molecule has 0 aromatic heterocycles. The standard InChI is InChI=1S/C5H10N2O2/c1-2-5-7-6-3-4(1)8-9-5/h4-7H,1-3H2. The van der Waals surface area contributed by atoms with Crippen molar-refractivity contribution in [2.45, 2.75) is 25.2 Å². The zero-order valence-electron chi connectivity index (χ0n) is 5.09. The molecule has 0 aromatic carbocycles. The van der Waals surface area contributed by atoms with E-state index in [0.29, 0.717) is 0 Å². The average molecular weight is 130 g/mol. The zero-order chi connectivity index (χ0) is 6.10. The van der Waals surface area contributed by atoms with Crippen LogP contribution in [0.15, 0.2) is 0 Å². The van der Waals surface area contributed by atoms with E-state index in [9.17, 15) is 0 Å². The smallest absolute Gasteiger partial charge is 0.156 e. The van der Waals surface area contributed by atoms with Crippen molar-refractivity contribution in [1.29, 1.82) is 0 Å². The average Bonchev–Trinajstić information content (AvgIpc) is 2.21. The van der Waals surface area contributed by atoms with Gasteiger partial charge in [0.15, 0.2) is 6.23 Å². The van der Waals surface area contributed by atoms with E-state index < -0.39 is 0 Å². The van der Waals surface area contributed by atoms with Gasteiger partial charge in [-0.2, -0.15) is 0 Å². The number of nitrogens with one attached hydrogen (secondary N) is 2. The monoisotopic (exact) mass is 130 g/mol. The molecule has 3 aliphatic rings. The topological polar surface area (TPSA) is 42.5 Å². The third-order valence-electron chi connectivity index (χ3n) is 1.65. The van der Waals surface area contributed by atoms with Gasteiger partial charge in [0.25, 0.3) is 0 Å². The van der Waals surface area contributed by atoms with E-state index in [1.54, 1.807) is 0 Å². The minimum Gasteiger partial charge on any atom is -0.253 e. The van der Waals surface area contributed by atoms with Crippen molar-refractivity contribution in [2.24, 2.45) is 0 Å².